The van der Waals surface area contributed by atoms with E-state index in [1.807, 2.05) is 40.8 Å². The highest BCUT2D eigenvalue weighted by molar-refractivity contribution is 5.94. The molecule has 0 N–H and O–H groups in total. The van der Waals surface area contributed by atoms with Crippen LogP contribution in [0, 0.1) is 12.7 Å². The van der Waals surface area contributed by atoms with Gasteiger partial charge in [0.1, 0.15) is 17.4 Å². The number of benzene rings is 2. The standard InChI is InChI=1S/C27H34FN5O2/c1-5-12-32(27(34)21-8-6-11-24(17-21)35-4)19-25-20(2)29-33(23-10-7-9-22(28)18-23)26(25)31-15-13-30(3)14-16-31/h6-11,17-18H,5,12-16,19H2,1-4H3. The molecule has 0 bridgehead atoms. The van der Waals surface area contributed by atoms with Gasteiger partial charge in [-0.25, -0.2) is 9.07 Å². The van der Waals surface area contributed by atoms with Gasteiger partial charge in [0.2, 0.25) is 0 Å². The number of piperazine rings is 1. The number of carbonyl (C=O) groups excluding carboxylic acids is 1. The van der Waals surface area contributed by atoms with Gasteiger partial charge in [-0.2, -0.15) is 5.10 Å². The summed E-state index contributed by atoms with van der Waals surface area (Å²) in [4.78, 5) is 20.0. The van der Waals surface area contributed by atoms with E-state index in [1.165, 1.54) is 12.1 Å². The first-order valence-corrected chi connectivity index (χ1v) is 12.1. The maximum Gasteiger partial charge on any atom is 0.254 e. The number of likely N-dealkylation sites (N-methyl/N-ethyl adjacent to an activating group) is 1. The number of anilines is 1. The highest BCUT2D eigenvalue weighted by Crippen LogP contribution is 2.30. The molecule has 1 aromatic heterocycles. The van der Waals surface area contributed by atoms with Crippen molar-refractivity contribution in [3.8, 4) is 11.4 Å². The van der Waals surface area contributed by atoms with Crippen molar-refractivity contribution >= 4 is 11.7 Å². The molecule has 2 aromatic carbocycles. The minimum Gasteiger partial charge on any atom is -0.497 e. The molecule has 0 atom stereocenters. The van der Waals surface area contributed by atoms with Crippen molar-refractivity contribution in [2.45, 2.75) is 26.8 Å². The van der Waals surface area contributed by atoms with E-state index in [1.54, 1.807) is 19.2 Å². The van der Waals surface area contributed by atoms with Crippen LogP contribution >= 0.6 is 0 Å². The molecule has 1 amide bonds. The molecular formula is C27H34FN5O2. The Bertz CT molecular complexity index is 1170. The van der Waals surface area contributed by atoms with Gasteiger partial charge in [0.25, 0.3) is 5.91 Å². The summed E-state index contributed by atoms with van der Waals surface area (Å²) in [6.45, 7) is 8.59. The van der Waals surface area contributed by atoms with Gasteiger partial charge in [-0.1, -0.05) is 19.1 Å². The van der Waals surface area contributed by atoms with Crippen LogP contribution in [0.5, 0.6) is 5.75 Å². The number of methoxy groups -OCH3 is 1. The third kappa shape index (κ3) is 5.48. The first kappa shape index (κ1) is 24.7. The Kier molecular flexibility index (Phi) is 7.70. The van der Waals surface area contributed by atoms with Crippen molar-refractivity contribution in [3.63, 3.8) is 0 Å². The van der Waals surface area contributed by atoms with Crippen molar-refractivity contribution in [2.75, 3.05) is 51.8 Å². The lowest BCUT2D eigenvalue weighted by Crippen LogP contribution is -2.45. The molecule has 4 rings (SSSR count). The first-order valence-electron chi connectivity index (χ1n) is 12.1. The molecule has 1 fully saturated rings. The SMILES string of the molecule is CCCN(Cc1c(C)nn(-c2cccc(F)c2)c1N1CCN(C)CC1)C(=O)c1cccc(OC)c1. The van der Waals surface area contributed by atoms with Gasteiger partial charge >= 0.3 is 0 Å². The molecule has 0 saturated carbocycles. The molecule has 0 spiro atoms. The van der Waals surface area contributed by atoms with Gasteiger partial charge in [0.15, 0.2) is 0 Å². The van der Waals surface area contributed by atoms with Crippen LogP contribution in [0.4, 0.5) is 10.2 Å². The summed E-state index contributed by atoms with van der Waals surface area (Å²) in [7, 11) is 3.71. The second kappa shape index (κ2) is 10.9. The van der Waals surface area contributed by atoms with E-state index >= 15 is 0 Å². The number of amides is 1. The summed E-state index contributed by atoms with van der Waals surface area (Å²) in [6, 6.07) is 13.8. The Morgan fingerprint density at radius 2 is 1.86 bits per heavy atom. The van der Waals surface area contributed by atoms with Gasteiger partial charge in [-0.15, -0.1) is 0 Å². The van der Waals surface area contributed by atoms with Crippen LogP contribution in [-0.2, 0) is 6.54 Å². The molecule has 1 saturated heterocycles. The molecule has 186 valence electrons. The van der Waals surface area contributed by atoms with Crippen molar-refractivity contribution in [3.05, 3.63) is 71.2 Å². The number of halogens is 1. The molecule has 3 aromatic rings. The fourth-order valence-electron chi connectivity index (χ4n) is 4.52. The molecule has 35 heavy (non-hydrogen) atoms. The quantitative estimate of drug-likeness (QED) is 0.486. The number of ether oxygens (including phenoxy) is 1. The van der Waals surface area contributed by atoms with Gasteiger partial charge < -0.3 is 19.4 Å². The second-order valence-electron chi connectivity index (χ2n) is 9.03. The van der Waals surface area contributed by atoms with E-state index in [0.29, 0.717) is 30.1 Å². The van der Waals surface area contributed by atoms with Crippen LogP contribution in [0.25, 0.3) is 5.69 Å². The lowest BCUT2D eigenvalue weighted by molar-refractivity contribution is 0.0742. The predicted octanol–water partition coefficient (Wildman–Crippen LogP) is 4.13. The van der Waals surface area contributed by atoms with Gasteiger partial charge in [-0.3, -0.25) is 4.79 Å². The predicted molar refractivity (Wildman–Crippen MR) is 136 cm³/mol. The fraction of sp³-hybridized carbons (Fsp3) is 0.407. The van der Waals surface area contributed by atoms with Crippen molar-refractivity contribution in [1.29, 1.82) is 0 Å². The third-order valence-electron chi connectivity index (χ3n) is 6.46. The van der Waals surface area contributed by atoms with Gasteiger partial charge in [-0.05, 0) is 56.8 Å². The van der Waals surface area contributed by atoms with E-state index < -0.39 is 0 Å². The number of aryl methyl sites for hydroxylation is 1. The van der Waals surface area contributed by atoms with Gasteiger partial charge in [0, 0.05) is 43.9 Å². The molecular weight excluding hydrogens is 445 g/mol. The molecule has 1 aliphatic rings. The van der Waals surface area contributed by atoms with E-state index in [0.717, 1.165) is 49.7 Å². The van der Waals surface area contributed by atoms with Crippen LogP contribution in [0.3, 0.4) is 0 Å². The summed E-state index contributed by atoms with van der Waals surface area (Å²) in [6.07, 6.45) is 0.830. The Morgan fingerprint density at radius 1 is 1.11 bits per heavy atom. The Morgan fingerprint density at radius 3 is 2.54 bits per heavy atom. The zero-order valence-electron chi connectivity index (χ0n) is 21.0. The molecule has 7 nitrogen and oxygen atoms in total. The van der Waals surface area contributed by atoms with Crippen LogP contribution < -0.4 is 9.64 Å². The maximum absolute atomic E-state index is 14.1. The molecule has 1 aliphatic heterocycles. The van der Waals surface area contributed by atoms with Crippen LogP contribution in [0.1, 0.15) is 35.0 Å². The number of hydrogen-bond donors (Lipinski definition) is 0. The van der Waals surface area contributed by atoms with E-state index in [2.05, 4.69) is 23.8 Å². The Labute approximate surface area is 206 Å². The Hall–Kier alpha value is -3.39. The maximum atomic E-state index is 14.1. The van der Waals surface area contributed by atoms with Crippen LogP contribution in [0.15, 0.2) is 48.5 Å². The average molecular weight is 480 g/mol. The molecule has 0 radical (unpaired) electrons. The zero-order valence-corrected chi connectivity index (χ0v) is 21.0. The van der Waals surface area contributed by atoms with Gasteiger partial charge in [0.05, 0.1) is 25.0 Å². The second-order valence-corrected chi connectivity index (χ2v) is 9.03. The first-order chi connectivity index (χ1) is 16.9. The summed E-state index contributed by atoms with van der Waals surface area (Å²) in [5, 5.41) is 4.83. The topological polar surface area (TPSA) is 53.8 Å². The van der Waals surface area contributed by atoms with E-state index in [9.17, 15) is 9.18 Å². The number of carbonyl (C=O) groups is 1. The monoisotopic (exact) mass is 479 g/mol. The number of aromatic nitrogens is 2. The minimum absolute atomic E-state index is 0.0482. The van der Waals surface area contributed by atoms with Crippen molar-refractivity contribution < 1.29 is 13.9 Å². The zero-order chi connectivity index (χ0) is 24.9. The third-order valence-corrected chi connectivity index (χ3v) is 6.46. The molecule has 0 unspecified atom stereocenters. The van der Waals surface area contributed by atoms with E-state index in [-0.39, 0.29) is 11.7 Å². The summed E-state index contributed by atoms with van der Waals surface area (Å²) in [5.74, 6) is 1.23. The summed E-state index contributed by atoms with van der Waals surface area (Å²) < 4.78 is 21.3. The summed E-state index contributed by atoms with van der Waals surface area (Å²) in [5.41, 5.74) is 3.09. The minimum atomic E-state index is -0.303. The Balaban J connectivity index is 1.74. The summed E-state index contributed by atoms with van der Waals surface area (Å²) >= 11 is 0. The molecule has 8 heteroatoms. The highest BCUT2D eigenvalue weighted by atomic mass is 19.1. The number of rotatable bonds is 8. The van der Waals surface area contributed by atoms with Crippen molar-refractivity contribution in [2.24, 2.45) is 0 Å². The van der Waals surface area contributed by atoms with E-state index in [4.69, 9.17) is 9.84 Å². The normalized spacial score (nSPS) is 14.3. The molecule has 2 heterocycles. The average Bonchev–Trinajstić information content (AvgIpc) is 3.19. The highest BCUT2D eigenvalue weighted by Gasteiger charge is 2.27. The largest absolute Gasteiger partial charge is 0.497 e. The van der Waals surface area contributed by atoms with Crippen molar-refractivity contribution in [1.82, 2.24) is 19.6 Å². The fourth-order valence-corrected chi connectivity index (χ4v) is 4.52. The molecule has 0 aliphatic carbocycles. The number of hydrogen-bond acceptors (Lipinski definition) is 5. The lowest BCUT2D eigenvalue weighted by atomic mass is 10.1. The number of nitrogens with zero attached hydrogens (tertiary/aromatic N) is 5. The van der Waals surface area contributed by atoms with Crippen LogP contribution in [0.2, 0.25) is 0 Å². The van der Waals surface area contributed by atoms with Crippen LogP contribution in [-0.4, -0.2) is 72.4 Å². The smallest absolute Gasteiger partial charge is 0.254 e. The lowest BCUT2D eigenvalue weighted by Gasteiger charge is -2.35.